The SMILES string of the molecule is C[C@@H](O)[C@@H]1CCCN(CC(C)(C)CCC#N)C1. The van der Waals surface area contributed by atoms with Gasteiger partial charge in [0, 0.05) is 19.5 Å². The Kier molecular flexibility index (Phi) is 5.42. The molecule has 98 valence electrons. The minimum absolute atomic E-state index is 0.194. The molecule has 0 aliphatic carbocycles. The summed E-state index contributed by atoms with van der Waals surface area (Å²) >= 11 is 0. The monoisotopic (exact) mass is 238 g/mol. The highest BCUT2D eigenvalue weighted by molar-refractivity contribution is 4.83. The van der Waals surface area contributed by atoms with E-state index in [0.29, 0.717) is 12.3 Å². The predicted molar refractivity (Wildman–Crippen MR) is 69.5 cm³/mol. The number of hydrogen-bond acceptors (Lipinski definition) is 3. The van der Waals surface area contributed by atoms with Crippen LogP contribution in [-0.2, 0) is 0 Å². The number of rotatable bonds is 5. The first-order valence-corrected chi connectivity index (χ1v) is 6.72. The van der Waals surface area contributed by atoms with Crippen molar-refractivity contribution in [2.75, 3.05) is 19.6 Å². The molecule has 1 aliphatic rings. The number of aliphatic hydroxyl groups is 1. The number of likely N-dealkylation sites (tertiary alicyclic amines) is 1. The molecule has 0 saturated carbocycles. The van der Waals surface area contributed by atoms with Crippen LogP contribution < -0.4 is 0 Å². The zero-order valence-corrected chi connectivity index (χ0v) is 11.4. The van der Waals surface area contributed by atoms with E-state index in [1.807, 2.05) is 6.92 Å². The topological polar surface area (TPSA) is 47.3 Å². The van der Waals surface area contributed by atoms with Crippen LogP contribution in [0.15, 0.2) is 0 Å². The predicted octanol–water partition coefficient (Wildman–Crippen LogP) is 2.41. The van der Waals surface area contributed by atoms with E-state index in [-0.39, 0.29) is 11.5 Å². The van der Waals surface area contributed by atoms with Gasteiger partial charge in [-0.15, -0.1) is 0 Å². The van der Waals surface area contributed by atoms with Crippen molar-refractivity contribution >= 4 is 0 Å². The normalized spacial score (nSPS) is 24.3. The lowest BCUT2D eigenvalue weighted by Crippen LogP contribution is -2.43. The third kappa shape index (κ3) is 5.06. The zero-order valence-electron chi connectivity index (χ0n) is 11.4. The molecule has 1 heterocycles. The van der Waals surface area contributed by atoms with Crippen molar-refractivity contribution in [1.82, 2.24) is 4.90 Å². The maximum atomic E-state index is 9.66. The average Bonchev–Trinajstić information content (AvgIpc) is 2.26. The molecule has 0 bridgehead atoms. The van der Waals surface area contributed by atoms with Crippen LogP contribution in [0.1, 0.15) is 46.5 Å². The van der Waals surface area contributed by atoms with Crippen LogP contribution in [0, 0.1) is 22.7 Å². The van der Waals surface area contributed by atoms with Crippen LogP contribution in [0.5, 0.6) is 0 Å². The summed E-state index contributed by atoms with van der Waals surface area (Å²) < 4.78 is 0. The number of nitrogens with zero attached hydrogens (tertiary/aromatic N) is 2. The van der Waals surface area contributed by atoms with E-state index >= 15 is 0 Å². The van der Waals surface area contributed by atoms with Gasteiger partial charge in [-0.1, -0.05) is 13.8 Å². The van der Waals surface area contributed by atoms with Crippen LogP contribution in [0.25, 0.3) is 0 Å². The van der Waals surface area contributed by atoms with Gasteiger partial charge in [0.25, 0.3) is 0 Å². The highest BCUT2D eigenvalue weighted by atomic mass is 16.3. The maximum Gasteiger partial charge on any atom is 0.0621 e. The Hall–Kier alpha value is -0.590. The summed E-state index contributed by atoms with van der Waals surface area (Å²) in [6.07, 6.45) is 3.73. The molecular formula is C14H26N2O. The largest absolute Gasteiger partial charge is 0.393 e. The van der Waals surface area contributed by atoms with Crippen molar-refractivity contribution in [2.45, 2.75) is 52.6 Å². The van der Waals surface area contributed by atoms with Crippen molar-refractivity contribution in [3.63, 3.8) is 0 Å². The molecular weight excluding hydrogens is 212 g/mol. The van der Waals surface area contributed by atoms with Gasteiger partial charge in [-0.3, -0.25) is 0 Å². The molecule has 1 saturated heterocycles. The van der Waals surface area contributed by atoms with Gasteiger partial charge in [0.05, 0.1) is 12.2 Å². The van der Waals surface area contributed by atoms with E-state index in [4.69, 9.17) is 5.26 Å². The third-order valence-electron chi connectivity index (χ3n) is 3.79. The molecule has 3 nitrogen and oxygen atoms in total. The molecule has 0 aromatic rings. The van der Waals surface area contributed by atoms with Crippen LogP contribution in [0.4, 0.5) is 0 Å². The number of piperidine rings is 1. The summed E-state index contributed by atoms with van der Waals surface area (Å²) in [6.45, 7) is 9.55. The van der Waals surface area contributed by atoms with Gasteiger partial charge >= 0.3 is 0 Å². The fourth-order valence-corrected chi connectivity index (χ4v) is 2.71. The highest BCUT2D eigenvalue weighted by Gasteiger charge is 2.27. The molecule has 0 radical (unpaired) electrons. The van der Waals surface area contributed by atoms with E-state index in [1.165, 1.54) is 6.42 Å². The van der Waals surface area contributed by atoms with E-state index in [9.17, 15) is 5.11 Å². The Morgan fingerprint density at radius 3 is 2.82 bits per heavy atom. The molecule has 1 aliphatic heterocycles. The Balaban J connectivity index is 2.42. The zero-order chi connectivity index (χ0) is 12.9. The van der Waals surface area contributed by atoms with Crippen molar-refractivity contribution < 1.29 is 5.11 Å². The summed E-state index contributed by atoms with van der Waals surface area (Å²) in [7, 11) is 0. The van der Waals surface area contributed by atoms with Crippen LogP contribution >= 0.6 is 0 Å². The summed E-state index contributed by atoms with van der Waals surface area (Å²) in [5, 5.41) is 18.3. The number of hydrogen-bond donors (Lipinski definition) is 1. The van der Waals surface area contributed by atoms with Crippen LogP contribution in [-0.4, -0.2) is 35.7 Å². The molecule has 17 heavy (non-hydrogen) atoms. The maximum absolute atomic E-state index is 9.66. The third-order valence-corrected chi connectivity index (χ3v) is 3.79. The van der Waals surface area contributed by atoms with Gasteiger partial charge in [0.1, 0.15) is 0 Å². The minimum atomic E-state index is -0.194. The lowest BCUT2D eigenvalue weighted by atomic mass is 9.85. The molecule has 0 amide bonds. The number of aliphatic hydroxyl groups excluding tert-OH is 1. The second-order valence-electron chi connectivity index (χ2n) is 6.20. The van der Waals surface area contributed by atoms with Crippen molar-refractivity contribution in [2.24, 2.45) is 11.3 Å². The van der Waals surface area contributed by atoms with Gasteiger partial charge in [0.2, 0.25) is 0 Å². The van der Waals surface area contributed by atoms with E-state index in [2.05, 4.69) is 24.8 Å². The summed E-state index contributed by atoms with van der Waals surface area (Å²) in [6, 6.07) is 2.23. The molecule has 0 aromatic carbocycles. The number of nitriles is 1. The molecule has 3 heteroatoms. The first-order valence-electron chi connectivity index (χ1n) is 6.72. The molecule has 2 atom stereocenters. The first-order chi connectivity index (χ1) is 7.94. The Morgan fingerprint density at radius 2 is 2.24 bits per heavy atom. The van der Waals surface area contributed by atoms with E-state index < -0.39 is 0 Å². The molecule has 0 unspecified atom stereocenters. The smallest absolute Gasteiger partial charge is 0.0621 e. The van der Waals surface area contributed by atoms with Crippen molar-refractivity contribution in [1.29, 1.82) is 5.26 Å². The van der Waals surface area contributed by atoms with Gasteiger partial charge < -0.3 is 10.0 Å². The quantitative estimate of drug-likeness (QED) is 0.800. The van der Waals surface area contributed by atoms with Crippen LogP contribution in [0.3, 0.4) is 0 Å². The van der Waals surface area contributed by atoms with Crippen molar-refractivity contribution in [3.8, 4) is 6.07 Å². The lowest BCUT2D eigenvalue weighted by molar-refractivity contribution is 0.0458. The standard InChI is InChI=1S/C14H26N2O/c1-12(17)13-6-4-9-16(10-13)11-14(2,3)7-5-8-15/h12-13,17H,4-7,9-11H2,1-3H3/t12-,13-/m1/s1. The summed E-state index contributed by atoms with van der Waals surface area (Å²) in [4.78, 5) is 2.46. The molecule has 1 fully saturated rings. The molecule has 0 spiro atoms. The second-order valence-corrected chi connectivity index (χ2v) is 6.20. The van der Waals surface area contributed by atoms with Gasteiger partial charge in [-0.25, -0.2) is 0 Å². The Morgan fingerprint density at radius 1 is 1.53 bits per heavy atom. The van der Waals surface area contributed by atoms with Gasteiger partial charge in [-0.05, 0) is 44.1 Å². The molecule has 1 N–H and O–H groups in total. The van der Waals surface area contributed by atoms with E-state index in [0.717, 1.165) is 32.5 Å². The second kappa shape index (κ2) is 6.37. The summed E-state index contributed by atoms with van der Waals surface area (Å²) in [5.41, 5.74) is 0.205. The molecule has 0 aromatic heterocycles. The van der Waals surface area contributed by atoms with E-state index in [1.54, 1.807) is 0 Å². The summed E-state index contributed by atoms with van der Waals surface area (Å²) in [5.74, 6) is 0.426. The van der Waals surface area contributed by atoms with Gasteiger partial charge in [0.15, 0.2) is 0 Å². The highest BCUT2D eigenvalue weighted by Crippen LogP contribution is 2.27. The average molecular weight is 238 g/mol. The lowest BCUT2D eigenvalue weighted by Gasteiger charge is -2.38. The first kappa shape index (κ1) is 14.5. The molecule has 1 rings (SSSR count). The fraction of sp³-hybridized carbons (Fsp3) is 0.929. The minimum Gasteiger partial charge on any atom is -0.393 e. The Labute approximate surface area is 105 Å². The van der Waals surface area contributed by atoms with Gasteiger partial charge in [-0.2, -0.15) is 5.26 Å². The fourth-order valence-electron chi connectivity index (χ4n) is 2.71. The van der Waals surface area contributed by atoms with Crippen molar-refractivity contribution in [3.05, 3.63) is 0 Å². The Bertz CT molecular complexity index is 268. The van der Waals surface area contributed by atoms with Crippen LogP contribution in [0.2, 0.25) is 0 Å².